The molecule has 2 amide bonds. The fourth-order valence-electron chi connectivity index (χ4n) is 2.70. The number of hydrogen-bond acceptors (Lipinski definition) is 4. The Morgan fingerprint density at radius 1 is 1.38 bits per heavy atom. The van der Waals surface area contributed by atoms with Gasteiger partial charge in [0.15, 0.2) is 0 Å². The first-order valence-corrected chi connectivity index (χ1v) is 8.95. The van der Waals surface area contributed by atoms with E-state index in [1.807, 2.05) is 29.6 Å². The van der Waals surface area contributed by atoms with E-state index >= 15 is 0 Å². The first kappa shape index (κ1) is 16.8. The maximum absolute atomic E-state index is 11.9. The molecule has 2 heterocycles. The average Bonchev–Trinajstić information content (AvgIpc) is 3.24. The zero-order valence-electron chi connectivity index (χ0n) is 13.7. The predicted octanol–water partition coefficient (Wildman–Crippen LogP) is 2.43. The Balaban J connectivity index is 1.41. The topological polar surface area (TPSA) is 70.6 Å². The van der Waals surface area contributed by atoms with Crippen molar-refractivity contribution < 1.29 is 14.6 Å². The van der Waals surface area contributed by atoms with Crippen LogP contribution in [0.25, 0.3) is 0 Å². The van der Waals surface area contributed by atoms with E-state index in [1.165, 1.54) is 22.5 Å². The average molecular weight is 346 g/mol. The lowest BCUT2D eigenvalue weighted by atomic mass is 10.1. The zero-order chi connectivity index (χ0) is 17.0. The number of amides is 2. The molecule has 1 aliphatic rings. The number of ether oxygens (including phenoxy) is 1. The molecule has 0 radical (unpaired) electrons. The summed E-state index contributed by atoms with van der Waals surface area (Å²) < 4.78 is 5.49. The Kier molecular flexibility index (Phi) is 5.06. The molecular formula is C18H22N2O3S. The SMILES string of the molecule is CC(O)(CNC(=O)NCCc1ccc2c(c1)CCO2)c1cccs1. The van der Waals surface area contributed by atoms with Gasteiger partial charge in [0.05, 0.1) is 13.2 Å². The minimum Gasteiger partial charge on any atom is -0.493 e. The molecule has 0 aliphatic carbocycles. The largest absolute Gasteiger partial charge is 0.493 e. The van der Waals surface area contributed by atoms with Gasteiger partial charge in [-0.2, -0.15) is 0 Å². The summed E-state index contributed by atoms with van der Waals surface area (Å²) in [5, 5.41) is 17.8. The molecule has 1 unspecified atom stereocenters. The smallest absolute Gasteiger partial charge is 0.314 e. The number of nitrogens with one attached hydrogen (secondary N) is 2. The molecule has 24 heavy (non-hydrogen) atoms. The van der Waals surface area contributed by atoms with Crippen molar-refractivity contribution in [1.29, 1.82) is 0 Å². The van der Waals surface area contributed by atoms with Crippen molar-refractivity contribution in [1.82, 2.24) is 10.6 Å². The number of fused-ring (bicyclic) bond motifs is 1. The number of urea groups is 1. The van der Waals surface area contributed by atoms with Crippen molar-refractivity contribution in [3.63, 3.8) is 0 Å². The van der Waals surface area contributed by atoms with Gasteiger partial charge in [0, 0.05) is 17.8 Å². The summed E-state index contributed by atoms with van der Waals surface area (Å²) in [7, 11) is 0. The molecule has 128 valence electrons. The van der Waals surface area contributed by atoms with Crippen LogP contribution in [0.2, 0.25) is 0 Å². The lowest BCUT2D eigenvalue weighted by Gasteiger charge is -2.22. The first-order chi connectivity index (χ1) is 11.5. The number of benzene rings is 1. The van der Waals surface area contributed by atoms with Gasteiger partial charge in [-0.3, -0.25) is 0 Å². The lowest BCUT2D eigenvalue weighted by Crippen LogP contribution is -2.43. The molecule has 0 bridgehead atoms. The fraction of sp³-hybridized carbons (Fsp3) is 0.389. The van der Waals surface area contributed by atoms with Crippen LogP contribution in [0.3, 0.4) is 0 Å². The van der Waals surface area contributed by atoms with E-state index in [1.54, 1.807) is 6.92 Å². The fourth-order valence-corrected chi connectivity index (χ4v) is 3.49. The summed E-state index contributed by atoms with van der Waals surface area (Å²) in [6.07, 6.45) is 1.72. The van der Waals surface area contributed by atoms with Crippen LogP contribution in [-0.2, 0) is 18.4 Å². The van der Waals surface area contributed by atoms with E-state index in [2.05, 4.69) is 16.7 Å². The highest BCUT2D eigenvalue weighted by molar-refractivity contribution is 7.10. The van der Waals surface area contributed by atoms with Crippen molar-refractivity contribution in [2.45, 2.75) is 25.4 Å². The summed E-state index contributed by atoms with van der Waals surface area (Å²) in [6.45, 7) is 3.18. The van der Waals surface area contributed by atoms with E-state index in [4.69, 9.17) is 4.74 Å². The van der Waals surface area contributed by atoms with Crippen molar-refractivity contribution in [3.05, 3.63) is 51.7 Å². The molecule has 1 aromatic heterocycles. The van der Waals surface area contributed by atoms with Crippen LogP contribution in [0.4, 0.5) is 4.79 Å². The Morgan fingerprint density at radius 2 is 2.25 bits per heavy atom. The molecule has 1 atom stereocenters. The highest BCUT2D eigenvalue weighted by Gasteiger charge is 2.24. The Morgan fingerprint density at radius 3 is 3.04 bits per heavy atom. The molecule has 0 saturated heterocycles. The monoisotopic (exact) mass is 346 g/mol. The molecular weight excluding hydrogens is 324 g/mol. The second kappa shape index (κ2) is 7.23. The molecule has 1 aliphatic heterocycles. The quantitative estimate of drug-likeness (QED) is 0.752. The van der Waals surface area contributed by atoms with Gasteiger partial charge in [-0.1, -0.05) is 18.2 Å². The van der Waals surface area contributed by atoms with Crippen LogP contribution in [0, 0.1) is 0 Å². The van der Waals surface area contributed by atoms with E-state index in [-0.39, 0.29) is 12.6 Å². The number of thiophene rings is 1. The minimum atomic E-state index is -1.05. The second-order valence-electron chi connectivity index (χ2n) is 6.15. The van der Waals surface area contributed by atoms with Crippen LogP contribution in [0.15, 0.2) is 35.7 Å². The van der Waals surface area contributed by atoms with Gasteiger partial charge in [-0.25, -0.2) is 4.79 Å². The molecule has 1 aromatic carbocycles. The summed E-state index contributed by atoms with van der Waals surface area (Å²) >= 11 is 1.47. The number of carbonyl (C=O) groups is 1. The van der Waals surface area contributed by atoms with Crippen molar-refractivity contribution in [2.24, 2.45) is 0 Å². The second-order valence-corrected chi connectivity index (χ2v) is 7.10. The van der Waals surface area contributed by atoms with Gasteiger partial charge in [0.25, 0.3) is 0 Å². The maximum Gasteiger partial charge on any atom is 0.314 e. The Bertz CT molecular complexity index is 698. The van der Waals surface area contributed by atoms with E-state index in [0.717, 1.165) is 30.1 Å². The normalized spacial score (nSPS) is 15.2. The molecule has 5 nitrogen and oxygen atoms in total. The Labute approximate surface area is 145 Å². The molecule has 3 rings (SSSR count). The van der Waals surface area contributed by atoms with Gasteiger partial charge < -0.3 is 20.5 Å². The van der Waals surface area contributed by atoms with Crippen molar-refractivity contribution >= 4 is 17.4 Å². The number of carbonyl (C=O) groups excluding carboxylic acids is 1. The molecule has 6 heteroatoms. The molecule has 0 fully saturated rings. The van der Waals surface area contributed by atoms with E-state index in [0.29, 0.717) is 6.54 Å². The van der Waals surface area contributed by atoms with Crippen LogP contribution in [-0.4, -0.2) is 30.8 Å². The van der Waals surface area contributed by atoms with Gasteiger partial charge in [0.1, 0.15) is 11.4 Å². The molecule has 0 saturated carbocycles. The van der Waals surface area contributed by atoms with Crippen LogP contribution in [0.5, 0.6) is 5.75 Å². The van der Waals surface area contributed by atoms with Gasteiger partial charge >= 0.3 is 6.03 Å². The number of rotatable bonds is 6. The van der Waals surface area contributed by atoms with Gasteiger partial charge in [-0.05, 0) is 42.0 Å². The van der Waals surface area contributed by atoms with Crippen LogP contribution >= 0.6 is 11.3 Å². The molecule has 2 aromatic rings. The third kappa shape index (κ3) is 4.07. The maximum atomic E-state index is 11.9. The van der Waals surface area contributed by atoms with Crippen LogP contribution in [0.1, 0.15) is 22.9 Å². The predicted molar refractivity (Wildman–Crippen MR) is 94.6 cm³/mol. The van der Waals surface area contributed by atoms with E-state index < -0.39 is 5.60 Å². The highest BCUT2D eigenvalue weighted by atomic mass is 32.1. The molecule has 0 spiro atoms. The van der Waals surface area contributed by atoms with Crippen molar-refractivity contribution in [2.75, 3.05) is 19.7 Å². The summed E-state index contributed by atoms with van der Waals surface area (Å²) in [4.78, 5) is 12.7. The lowest BCUT2D eigenvalue weighted by molar-refractivity contribution is 0.0631. The summed E-state index contributed by atoms with van der Waals surface area (Å²) in [5.41, 5.74) is 1.37. The highest BCUT2D eigenvalue weighted by Crippen LogP contribution is 2.26. The number of aliphatic hydroxyl groups is 1. The van der Waals surface area contributed by atoms with Crippen molar-refractivity contribution in [3.8, 4) is 5.75 Å². The minimum absolute atomic E-state index is 0.176. The standard InChI is InChI=1S/C18H22N2O3S/c1-18(22,16-3-2-10-24-16)12-20-17(21)19-8-6-13-4-5-15-14(11-13)7-9-23-15/h2-5,10-11,22H,6-9,12H2,1H3,(H2,19,20,21). The summed E-state index contributed by atoms with van der Waals surface area (Å²) in [6, 6.07) is 9.65. The first-order valence-electron chi connectivity index (χ1n) is 8.07. The van der Waals surface area contributed by atoms with Gasteiger partial charge in [-0.15, -0.1) is 11.3 Å². The Hall–Kier alpha value is -2.05. The third-order valence-electron chi connectivity index (χ3n) is 4.10. The number of hydrogen-bond donors (Lipinski definition) is 3. The van der Waals surface area contributed by atoms with Crippen LogP contribution < -0.4 is 15.4 Å². The van der Waals surface area contributed by atoms with Gasteiger partial charge in [0.2, 0.25) is 0 Å². The molecule has 3 N–H and O–H groups in total. The van der Waals surface area contributed by atoms with E-state index in [9.17, 15) is 9.90 Å². The summed E-state index contributed by atoms with van der Waals surface area (Å²) in [5.74, 6) is 0.972. The third-order valence-corrected chi connectivity index (χ3v) is 5.22. The zero-order valence-corrected chi connectivity index (χ0v) is 14.5.